The lowest BCUT2D eigenvalue weighted by Gasteiger charge is -2.31. The number of hydrogen-bond donors (Lipinski definition) is 0. The number of nitrogens with zero attached hydrogens (tertiary/aromatic N) is 3. The van der Waals surface area contributed by atoms with Crippen molar-refractivity contribution in [2.45, 2.75) is 36.5 Å². The monoisotopic (exact) mass is 405 g/mol. The van der Waals surface area contributed by atoms with E-state index in [-0.39, 0.29) is 24.1 Å². The van der Waals surface area contributed by atoms with E-state index in [1.54, 1.807) is 22.6 Å². The molecule has 4 rings (SSSR count). The fourth-order valence-electron chi connectivity index (χ4n) is 3.89. The molecular weight excluding hydrogens is 385 g/mol. The van der Waals surface area contributed by atoms with Gasteiger partial charge in [0, 0.05) is 24.2 Å². The largest absolute Gasteiger partial charge is 0.461 e. The van der Waals surface area contributed by atoms with Gasteiger partial charge >= 0.3 is 5.97 Å². The molecule has 1 amide bonds. The third-order valence-corrected chi connectivity index (χ3v) is 6.50. The van der Waals surface area contributed by atoms with Gasteiger partial charge in [0.1, 0.15) is 5.82 Å². The minimum absolute atomic E-state index is 0.0735. The normalized spacial score (nSPS) is 21.0. The topological polar surface area (TPSA) is 81.5 Å². The van der Waals surface area contributed by atoms with Crippen molar-refractivity contribution in [1.82, 2.24) is 14.7 Å². The van der Waals surface area contributed by atoms with Crippen LogP contribution in [0.1, 0.15) is 41.9 Å². The zero-order valence-corrected chi connectivity index (χ0v) is 16.2. The van der Waals surface area contributed by atoms with Crippen molar-refractivity contribution in [3.63, 3.8) is 0 Å². The summed E-state index contributed by atoms with van der Waals surface area (Å²) in [6.45, 7) is 3.06. The Balaban J connectivity index is 1.89. The smallest absolute Gasteiger partial charge is 0.359 e. The van der Waals surface area contributed by atoms with Gasteiger partial charge in [0.25, 0.3) is 0 Å². The number of benzene rings is 1. The average molecular weight is 405 g/mol. The van der Waals surface area contributed by atoms with E-state index in [0.29, 0.717) is 34.8 Å². The quantitative estimate of drug-likeness (QED) is 0.576. The molecule has 2 aromatic rings. The predicted octanol–water partition coefficient (Wildman–Crippen LogP) is 2.28. The summed E-state index contributed by atoms with van der Waals surface area (Å²) in [6, 6.07) is 4.04. The summed E-state index contributed by atoms with van der Waals surface area (Å²) < 4.78 is 33.4. The maximum Gasteiger partial charge on any atom is 0.359 e. The van der Waals surface area contributed by atoms with E-state index in [1.165, 1.54) is 12.1 Å². The second kappa shape index (κ2) is 7.46. The van der Waals surface area contributed by atoms with Crippen LogP contribution in [0.2, 0.25) is 0 Å². The summed E-state index contributed by atoms with van der Waals surface area (Å²) in [7, 11) is -1.49. The predicted molar refractivity (Wildman–Crippen MR) is 99.6 cm³/mol. The molecule has 2 aliphatic heterocycles. The molecule has 1 saturated heterocycles. The van der Waals surface area contributed by atoms with Gasteiger partial charge in [0.15, 0.2) is 5.69 Å². The van der Waals surface area contributed by atoms with Gasteiger partial charge < -0.3 is 9.64 Å². The molecule has 2 unspecified atom stereocenters. The first-order valence-corrected chi connectivity index (χ1v) is 10.5. The van der Waals surface area contributed by atoms with Gasteiger partial charge in [-0.1, -0.05) is 0 Å². The second-order valence-electron chi connectivity index (χ2n) is 6.87. The van der Waals surface area contributed by atoms with Crippen LogP contribution in [-0.2, 0) is 26.1 Å². The first-order chi connectivity index (χ1) is 13.5. The van der Waals surface area contributed by atoms with Gasteiger partial charge in [-0.2, -0.15) is 5.10 Å². The molecule has 9 heteroatoms. The highest BCUT2D eigenvalue weighted by molar-refractivity contribution is 7.84. The zero-order chi connectivity index (χ0) is 19.8. The van der Waals surface area contributed by atoms with Gasteiger partial charge in [-0.15, -0.1) is 0 Å². The van der Waals surface area contributed by atoms with E-state index in [0.717, 1.165) is 19.3 Å². The first-order valence-electron chi connectivity index (χ1n) is 9.19. The minimum atomic E-state index is -1.49. The van der Waals surface area contributed by atoms with Crippen LogP contribution in [0.15, 0.2) is 23.1 Å². The lowest BCUT2D eigenvalue weighted by atomic mass is 10.0. The summed E-state index contributed by atoms with van der Waals surface area (Å²) >= 11 is 0. The number of amides is 1. The number of fused-ring (bicyclic) bond motifs is 3. The number of ether oxygens (including phenoxy) is 1. The third-order valence-electron chi connectivity index (χ3n) is 5.12. The Bertz CT molecular complexity index is 974. The van der Waals surface area contributed by atoms with Gasteiger partial charge in [-0.25, -0.2) is 9.18 Å². The maximum atomic E-state index is 13.8. The van der Waals surface area contributed by atoms with Crippen LogP contribution in [0.5, 0.6) is 0 Å². The molecule has 0 spiro atoms. The van der Waals surface area contributed by atoms with Crippen LogP contribution in [0, 0.1) is 5.82 Å². The Morgan fingerprint density at radius 2 is 2.29 bits per heavy atom. The second-order valence-corrected chi connectivity index (χ2v) is 8.29. The van der Waals surface area contributed by atoms with E-state index < -0.39 is 22.6 Å². The molecular formula is C19H20FN3O4S. The van der Waals surface area contributed by atoms with E-state index in [4.69, 9.17) is 4.74 Å². The number of likely N-dealkylation sites (tertiary alicyclic amines) is 1. The number of halogens is 1. The van der Waals surface area contributed by atoms with Crippen LogP contribution in [-0.4, -0.2) is 51.0 Å². The maximum absolute atomic E-state index is 13.8. The zero-order valence-electron chi connectivity index (χ0n) is 15.4. The summed E-state index contributed by atoms with van der Waals surface area (Å²) in [5.41, 5.74) is 1.96. The van der Waals surface area contributed by atoms with Gasteiger partial charge in [-0.05, 0) is 38.0 Å². The molecule has 3 heterocycles. The van der Waals surface area contributed by atoms with Crippen molar-refractivity contribution in [2.75, 3.05) is 19.7 Å². The first kappa shape index (κ1) is 18.8. The van der Waals surface area contributed by atoms with Crippen molar-refractivity contribution >= 4 is 23.2 Å². The average Bonchev–Trinajstić information content (AvgIpc) is 3.08. The standard InChI is InChI=1S/C19H20FN3O4S/c1-2-27-19(25)17-15-10-28(26)16-8-12(20)5-6-14(16)18(15)23(21-17)13-4-3-7-22(9-13)11-24/h5-6,8,11,13H,2-4,7,9-10H2,1H3. The Kier molecular flexibility index (Phi) is 5.01. The summed E-state index contributed by atoms with van der Waals surface area (Å²) in [5.74, 6) is -0.954. The van der Waals surface area contributed by atoms with Crippen LogP contribution in [0.25, 0.3) is 11.3 Å². The van der Waals surface area contributed by atoms with Gasteiger partial charge in [-0.3, -0.25) is 13.7 Å². The molecule has 0 N–H and O–H groups in total. The minimum Gasteiger partial charge on any atom is -0.461 e. The van der Waals surface area contributed by atoms with Crippen LogP contribution in [0.3, 0.4) is 0 Å². The van der Waals surface area contributed by atoms with Crippen LogP contribution < -0.4 is 0 Å². The fraction of sp³-hybridized carbons (Fsp3) is 0.421. The van der Waals surface area contributed by atoms with Crippen molar-refractivity contribution in [3.8, 4) is 11.3 Å². The molecule has 28 heavy (non-hydrogen) atoms. The van der Waals surface area contributed by atoms with Crippen molar-refractivity contribution in [1.29, 1.82) is 0 Å². The van der Waals surface area contributed by atoms with Gasteiger partial charge in [0.05, 0.1) is 39.8 Å². The summed E-state index contributed by atoms with van der Waals surface area (Å²) in [5, 5.41) is 4.53. The molecule has 1 aromatic heterocycles. The molecule has 0 saturated carbocycles. The highest BCUT2D eigenvalue weighted by Gasteiger charge is 2.35. The number of aromatic nitrogens is 2. The number of piperidine rings is 1. The Morgan fingerprint density at radius 3 is 3.04 bits per heavy atom. The van der Waals surface area contributed by atoms with Crippen molar-refractivity contribution in [2.24, 2.45) is 0 Å². The number of hydrogen-bond acceptors (Lipinski definition) is 5. The van der Waals surface area contributed by atoms with Crippen molar-refractivity contribution in [3.05, 3.63) is 35.3 Å². The molecule has 2 aliphatic rings. The Labute approximate surface area is 163 Å². The van der Waals surface area contributed by atoms with Gasteiger partial charge in [0.2, 0.25) is 6.41 Å². The van der Waals surface area contributed by atoms with Crippen LogP contribution in [0.4, 0.5) is 4.39 Å². The lowest BCUT2D eigenvalue weighted by molar-refractivity contribution is -0.119. The Morgan fingerprint density at radius 1 is 1.46 bits per heavy atom. The fourth-order valence-corrected chi connectivity index (χ4v) is 5.23. The highest BCUT2D eigenvalue weighted by Crippen LogP contribution is 2.40. The van der Waals surface area contributed by atoms with E-state index in [1.807, 2.05) is 0 Å². The molecule has 1 aromatic carbocycles. The number of carbonyl (C=O) groups excluding carboxylic acids is 2. The van der Waals surface area contributed by atoms with E-state index in [2.05, 4.69) is 5.10 Å². The molecule has 148 valence electrons. The Hall–Kier alpha value is -2.55. The SMILES string of the molecule is CCOC(=O)c1nn(C2CCCN(C=O)C2)c2c1CS(=O)c1cc(F)ccc1-2. The third kappa shape index (κ3) is 3.13. The van der Waals surface area contributed by atoms with Crippen molar-refractivity contribution < 1.29 is 22.9 Å². The molecule has 0 aliphatic carbocycles. The molecule has 0 radical (unpaired) electrons. The molecule has 7 nitrogen and oxygen atoms in total. The number of esters is 1. The summed E-state index contributed by atoms with van der Waals surface area (Å²) in [4.78, 5) is 25.8. The number of carbonyl (C=O) groups is 2. The lowest BCUT2D eigenvalue weighted by Crippen LogP contribution is -2.36. The van der Waals surface area contributed by atoms with E-state index in [9.17, 15) is 18.2 Å². The highest BCUT2D eigenvalue weighted by atomic mass is 32.2. The van der Waals surface area contributed by atoms with Crippen LogP contribution >= 0.6 is 0 Å². The molecule has 0 bridgehead atoms. The molecule has 1 fully saturated rings. The number of rotatable bonds is 4. The van der Waals surface area contributed by atoms with E-state index >= 15 is 0 Å². The summed E-state index contributed by atoms with van der Waals surface area (Å²) in [6.07, 6.45) is 2.42. The molecule has 2 atom stereocenters.